The van der Waals surface area contributed by atoms with Gasteiger partial charge in [0.15, 0.2) is 6.10 Å². The number of anilines is 1. The predicted octanol–water partition coefficient (Wildman–Crippen LogP) is 2.19. The van der Waals surface area contributed by atoms with Crippen LogP contribution in [0.2, 0.25) is 0 Å². The van der Waals surface area contributed by atoms with Gasteiger partial charge in [-0.15, -0.1) is 0 Å². The smallest absolute Gasteiger partial charge is 0.331 e. The van der Waals surface area contributed by atoms with Gasteiger partial charge in [0.05, 0.1) is 7.11 Å². The minimum atomic E-state index is -3.74. The van der Waals surface area contributed by atoms with Gasteiger partial charge < -0.3 is 14.8 Å². The van der Waals surface area contributed by atoms with Crippen LogP contribution in [-0.4, -0.2) is 40.6 Å². The van der Waals surface area contributed by atoms with Crippen LogP contribution < -0.4 is 14.8 Å². The fourth-order valence-electron chi connectivity index (χ4n) is 2.31. The lowest BCUT2D eigenvalue weighted by molar-refractivity contribution is -0.148. The molecule has 0 unspecified atom stereocenters. The van der Waals surface area contributed by atoms with E-state index in [1.165, 1.54) is 39.3 Å². The molecule has 0 aliphatic rings. The number of rotatable bonds is 8. The Balaban J connectivity index is 2.05. The van der Waals surface area contributed by atoms with E-state index in [1.807, 2.05) is 6.07 Å². The van der Waals surface area contributed by atoms with E-state index in [0.29, 0.717) is 11.3 Å². The van der Waals surface area contributed by atoms with Crippen molar-refractivity contribution in [3.05, 3.63) is 60.2 Å². The number of carbonyl (C=O) groups is 2. The van der Waals surface area contributed by atoms with E-state index in [0.717, 1.165) is 6.08 Å². The Morgan fingerprint density at radius 2 is 1.79 bits per heavy atom. The van der Waals surface area contributed by atoms with E-state index in [2.05, 4.69) is 10.0 Å². The summed E-state index contributed by atoms with van der Waals surface area (Å²) >= 11 is 0. The Labute approximate surface area is 169 Å². The van der Waals surface area contributed by atoms with Gasteiger partial charge in [-0.25, -0.2) is 17.9 Å². The monoisotopic (exact) mass is 418 g/mol. The average Bonchev–Trinajstić information content (AvgIpc) is 2.72. The van der Waals surface area contributed by atoms with Crippen molar-refractivity contribution >= 4 is 33.7 Å². The zero-order valence-electron chi connectivity index (χ0n) is 16.2. The highest BCUT2D eigenvalue weighted by molar-refractivity contribution is 7.89. The zero-order valence-corrected chi connectivity index (χ0v) is 17.0. The van der Waals surface area contributed by atoms with Crippen molar-refractivity contribution in [3.63, 3.8) is 0 Å². The molecule has 9 heteroatoms. The van der Waals surface area contributed by atoms with E-state index in [1.54, 1.807) is 30.3 Å². The number of hydrogen-bond donors (Lipinski definition) is 2. The topological polar surface area (TPSA) is 111 Å². The molecule has 8 nitrogen and oxygen atoms in total. The van der Waals surface area contributed by atoms with Crippen LogP contribution in [0.3, 0.4) is 0 Å². The third kappa shape index (κ3) is 6.16. The first kappa shape index (κ1) is 22.1. The Hall–Kier alpha value is -3.17. The van der Waals surface area contributed by atoms with Crippen molar-refractivity contribution in [2.75, 3.05) is 19.5 Å². The number of nitrogens with one attached hydrogen (secondary N) is 2. The summed E-state index contributed by atoms with van der Waals surface area (Å²) in [6.45, 7) is 1.45. The van der Waals surface area contributed by atoms with E-state index < -0.39 is 28.0 Å². The molecule has 29 heavy (non-hydrogen) atoms. The van der Waals surface area contributed by atoms with Crippen molar-refractivity contribution in [1.82, 2.24) is 4.72 Å². The van der Waals surface area contributed by atoms with Crippen LogP contribution in [0.25, 0.3) is 6.08 Å². The highest BCUT2D eigenvalue weighted by Crippen LogP contribution is 2.25. The van der Waals surface area contributed by atoms with Gasteiger partial charge in [0.2, 0.25) is 10.0 Å². The molecule has 2 aromatic carbocycles. The standard InChI is InChI=1S/C20H22N2O6S/c1-14(20(24)22-16-7-5-4-6-8-16)28-19(23)12-10-15-9-11-17(27-3)18(13-15)29(25,26)21-2/h4-14,21H,1-3H3,(H,22,24)/b12-10+/t14-/m0/s1. The van der Waals surface area contributed by atoms with Crippen LogP contribution in [0.4, 0.5) is 5.69 Å². The quantitative estimate of drug-likeness (QED) is 0.502. The molecule has 0 fully saturated rings. The second kappa shape index (κ2) is 9.85. The largest absolute Gasteiger partial charge is 0.495 e. The number of benzene rings is 2. The molecule has 0 radical (unpaired) electrons. The van der Waals surface area contributed by atoms with Crippen molar-refractivity contribution in [3.8, 4) is 5.75 Å². The molecule has 0 saturated carbocycles. The van der Waals surface area contributed by atoms with Gasteiger partial charge in [-0.1, -0.05) is 24.3 Å². The van der Waals surface area contributed by atoms with Crippen molar-refractivity contribution in [1.29, 1.82) is 0 Å². The summed E-state index contributed by atoms with van der Waals surface area (Å²) in [6.07, 6.45) is 1.49. The highest BCUT2D eigenvalue weighted by Gasteiger charge is 2.18. The number of carbonyl (C=O) groups excluding carboxylic acids is 2. The lowest BCUT2D eigenvalue weighted by Gasteiger charge is -2.12. The van der Waals surface area contributed by atoms with Gasteiger partial charge in [-0.3, -0.25) is 4.79 Å². The van der Waals surface area contributed by atoms with Gasteiger partial charge in [0.25, 0.3) is 5.91 Å². The van der Waals surface area contributed by atoms with Gasteiger partial charge in [0, 0.05) is 11.8 Å². The summed E-state index contributed by atoms with van der Waals surface area (Å²) in [5.41, 5.74) is 1.03. The molecule has 0 spiro atoms. The van der Waals surface area contributed by atoms with Gasteiger partial charge in [-0.05, 0) is 49.9 Å². The third-order valence-electron chi connectivity index (χ3n) is 3.86. The number of hydrogen-bond acceptors (Lipinski definition) is 6. The molecule has 0 bridgehead atoms. The normalized spacial score (nSPS) is 12.4. The first-order valence-electron chi connectivity index (χ1n) is 8.63. The van der Waals surface area contributed by atoms with Crippen LogP contribution in [0.1, 0.15) is 12.5 Å². The number of esters is 1. The lowest BCUT2D eigenvalue weighted by Crippen LogP contribution is -2.29. The van der Waals surface area contributed by atoms with Crippen LogP contribution in [0, 0.1) is 0 Å². The number of methoxy groups -OCH3 is 1. The molecule has 1 amide bonds. The first-order chi connectivity index (χ1) is 13.8. The predicted molar refractivity (Wildman–Crippen MR) is 109 cm³/mol. The fraction of sp³-hybridized carbons (Fsp3) is 0.200. The maximum absolute atomic E-state index is 12.1. The van der Waals surface area contributed by atoms with Crippen molar-refractivity contribution in [2.45, 2.75) is 17.9 Å². The Morgan fingerprint density at radius 3 is 2.41 bits per heavy atom. The van der Waals surface area contributed by atoms with Crippen LogP contribution >= 0.6 is 0 Å². The maximum atomic E-state index is 12.1. The molecule has 2 N–H and O–H groups in total. The third-order valence-corrected chi connectivity index (χ3v) is 5.30. The van der Waals surface area contributed by atoms with Gasteiger partial charge in [-0.2, -0.15) is 0 Å². The Kier molecular flexibility index (Phi) is 7.52. The highest BCUT2D eigenvalue weighted by atomic mass is 32.2. The number of sulfonamides is 1. The molecular formula is C20H22N2O6S. The average molecular weight is 418 g/mol. The minimum absolute atomic E-state index is 0.0615. The van der Waals surface area contributed by atoms with E-state index in [4.69, 9.17) is 9.47 Å². The summed E-state index contributed by atoms with van der Waals surface area (Å²) in [7, 11) is -1.09. The molecular weight excluding hydrogens is 396 g/mol. The summed E-state index contributed by atoms with van der Waals surface area (Å²) < 4.78 is 36.5. The fourth-order valence-corrected chi connectivity index (χ4v) is 3.24. The lowest BCUT2D eigenvalue weighted by atomic mass is 10.2. The SMILES string of the molecule is CNS(=O)(=O)c1cc(/C=C/C(=O)O[C@@H](C)C(=O)Nc2ccccc2)ccc1OC. The molecule has 0 aliphatic carbocycles. The van der Waals surface area contributed by atoms with Crippen molar-refractivity contribution < 1.29 is 27.5 Å². The van der Waals surface area contributed by atoms with Crippen LogP contribution in [-0.2, 0) is 24.3 Å². The summed E-state index contributed by atoms with van der Waals surface area (Å²) in [5.74, 6) is -1.04. The second-order valence-corrected chi connectivity index (χ2v) is 7.74. The summed E-state index contributed by atoms with van der Waals surface area (Å²) in [4.78, 5) is 24.0. The first-order valence-corrected chi connectivity index (χ1v) is 10.1. The number of para-hydroxylation sites is 1. The molecule has 1 atom stereocenters. The Morgan fingerprint density at radius 1 is 1.10 bits per heavy atom. The second-order valence-electron chi connectivity index (χ2n) is 5.89. The van der Waals surface area contributed by atoms with Gasteiger partial charge in [0.1, 0.15) is 10.6 Å². The van der Waals surface area contributed by atoms with Crippen LogP contribution in [0.15, 0.2) is 59.5 Å². The maximum Gasteiger partial charge on any atom is 0.331 e. The zero-order chi connectivity index (χ0) is 21.4. The molecule has 0 aliphatic heterocycles. The van der Waals surface area contributed by atoms with E-state index >= 15 is 0 Å². The van der Waals surface area contributed by atoms with E-state index in [9.17, 15) is 18.0 Å². The molecule has 2 rings (SSSR count). The Bertz CT molecular complexity index is 1000. The van der Waals surface area contributed by atoms with Crippen molar-refractivity contribution in [2.24, 2.45) is 0 Å². The molecule has 0 heterocycles. The molecule has 2 aromatic rings. The summed E-state index contributed by atoms with van der Waals surface area (Å²) in [5, 5.41) is 2.64. The van der Waals surface area contributed by atoms with E-state index in [-0.39, 0.29) is 10.6 Å². The molecule has 154 valence electrons. The van der Waals surface area contributed by atoms with Gasteiger partial charge >= 0.3 is 5.97 Å². The number of amides is 1. The molecule has 0 aromatic heterocycles. The number of ether oxygens (including phenoxy) is 2. The van der Waals surface area contributed by atoms with Crippen LogP contribution in [0.5, 0.6) is 5.75 Å². The summed E-state index contributed by atoms with van der Waals surface area (Å²) in [6, 6.07) is 13.2. The molecule has 0 saturated heterocycles. The minimum Gasteiger partial charge on any atom is -0.495 e.